The summed E-state index contributed by atoms with van der Waals surface area (Å²) in [5.41, 5.74) is 1.28. The molecule has 1 N–H and O–H groups in total. The summed E-state index contributed by atoms with van der Waals surface area (Å²) >= 11 is 0. The third kappa shape index (κ3) is 5.38. The average Bonchev–Trinajstić information content (AvgIpc) is 3.08. The minimum atomic E-state index is -0.737. The van der Waals surface area contributed by atoms with Gasteiger partial charge in [-0.2, -0.15) is 4.68 Å². The largest absolute Gasteiger partial charge is 0.490 e. The molecule has 0 spiro atoms. The van der Waals surface area contributed by atoms with Crippen LogP contribution in [0.4, 0.5) is 10.1 Å². The van der Waals surface area contributed by atoms with Crippen molar-refractivity contribution in [3.05, 3.63) is 69.7 Å². The van der Waals surface area contributed by atoms with E-state index in [9.17, 15) is 9.59 Å². The quantitative estimate of drug-likeness (QED) is 0.467. The van der Waals surface area contributed by atoms with Gasteiger partial charge in [-0.3, -0.25) is 9.36 Å². The molecule has 0 aliphatic rings. The van der Waals surface area contributed by atoms with Crippen LogP contribution < -0.4 is 15.7 Å². The molecule has 1 heterocycles. The van der Waals surface area contributed by atoms with Crippen molar-refractivity contribution in [2.75, 3.05) is 5.32 Å². The molecule has 2 aromatic carbocycles. The summed E-state index contributed by atoms with van der Waals surface area (Å²) in [5.74, 6) is -0.139. The summed E-state index contributed by atoms with van der Waals surface area (Å²) in [6.07, 6.45) is 1.96. The van der Waals surface area contributed by atoms with Crippen LogP contribution in [0.15, 0.2) is 41.2 Å². The number of benzene rings is 2. The molecule has 0 aliphatic carbocycles. The van der Waals surface area contributed by atoms with Crippen LogP contribution in [0.1, 0.15) is 75.1 Å². The van der Waals surface area contributed by atoms with E-state index in [1.54, 1.807) is 7.05 Å². The van der Waals surface area contributed by atoms with E-state index >= 15 is 4.39 Å². The van der Waals surface area contributed by atoms with Gasteiger partial charge in [0.15, 0.2) is 0 Å². The predicted octanol–water partition coefficient (Wildman–Crippen LogP) is 5.22. The predicted molar refractivity (Wildman–Crippen MR) is 132 cm³/mol. The molecule has 0 bridgehead atoms. The minimum Gasteiger partial charge on any atom is -0.490 e. The third-order valence-corrected chi connectivity index (χ3v) is 5.77. The molecule has 3 rings (SSSR count). The molecule has 8 heteroatoms. The Morgan fingerprint density at radius 2 is 1.82 bits per heavy atom. The highest BCUT2D eigenvalue weighted by atomic mass is 19.1. The number of nitrogens with zero attached hydrogens (tertiary/aromatic N) is 3. The maximum atomic E-state index is 15.2. The summed E-state index contributed by atoms with van der Waals surface area (Å²) in [6, 6.07) is 10.0. The van der Waals surface area contributed by atoms with Gasteiger partial charge in [-0.15, -0.1) is 5.10 Å². The van der Waals surface area contributed by atoms with Gasteiger partial charge in [0, 0.05) is 25.2 Å². The van der Waals surface area contributed by atoms with E-state index < -0.39 is 17.4 Å². The Labute approximate surface area is 199 Å². The average molecular weight is 469 g/mol. The van der Waals surface area contributed by atoms with E-state index in [0.717, 1.165) is 29.2 Å². The summed E-state index contributed by atoms with van der Waals surface area (Å²) < 4.78 is 23.6. The number of carbonyl (C=O) groups is 1. The highest BCUT2D eigenvalue weighted by molar-refractivity contribution is 6.06. The van der Waals surface area contributed by atoms with Gasteiger partial charge >= 0.3 is 5.69 Å². The Morgan fingerprint density at radius 3 is 2.38 bits per heavy atom. The van der Waals surface area contributed by atoms with Crippen molar-refractivity contribution < 1.29 is 13.9 Å². The molecule has 1 amide bonds. The van der Waals surface area contributed by atoms with Crippen LogP contribution in [-0.2, 0) is 13.5 Å². The van der Waals surface area contributed by atoms with Gasteiger partial charge in [-0.25, -0.2) is 9.18 Å². The van der Waals surface area contributed by atoms with Crippen molar-refractivity contribution in [2.45, 2.75) is 65.9 Å². The maximum Gasteiger partial charge on any atom is 0.350 e. The summed E-state index contributed by atoms with van der Waals surface area (Å²) in [6.45, 7) is 9.97. The van der Waals surface area contributed by atoms with Crippen molar-refractivity contribution in [3.63, 3.8) is 0 Å². The highest BCUT2D eigenvalue weighted by Gasteiger charge is 2.22. The normalized spacial score (nSPS) is 12.1. The molecule has 1 atom stereocenters. The highest BCUT2D eigenvalue weighted by Crippen LogP contribution is 2.28. The molecule has 0 saturated heterocycles. The number of hydrogen-bond acceptors (Lipinski definition) is 4. The van der Waals surface area contributed by atoms with E-state index in [0.29, 0.717) is 23.9 Å². The molecule has 7 nitrogen and oxygen atoms in total. The van der Waals surface area contributed by atoms with Gasteiger partial charge in [-0.1, -0.05) is 46.2 Å². The molecule has 0 aliphatic heterocycles. The Bertz CT molecular complexity index is 1210. The first-order valence-electron chi connectivity index (χ1n) is 11.7. The number of carbonyl (C=O) groups excluding carboxylic acids is 1. The first kappa shape index (κ1) is 25.2. The maximum absolute atomic E-state index is 15.2. The van der Waals surface area contributed by atoms with Gasteiger partial charge < -0.3 is 10.1 Å². The fraction of sp³-hybridized carbons (Fsp3) is 0.423. The van der Waals surface area contributed by atoms with Crippen LogP contribution in [0, 0.1) is 5.82 Å². The fourth-order valence-electron chi connectivity index (χ4n) is 3.75. The smallest absolute Gasteiger partial charge is 0.350 e. The van der Waals surface area contributed by atoms with Crippen molar-refractivity contribution in [1.82, 2.24) is 14.3 Å². The number of rotatable bonds is 9. The second kappa shape index (κ2) is 10.7. The Hall–Kier alpha value is -3.42. The Morgan fingerprint density at radius 1 is 1.15 bits per heavy atom. The zero-order valence-corrected chi connectivity index (χ0v) is 20.7. The van der Waals surface area contributed by atoms with Gasteiger partial charge in [0.25, 0.3) is 5.91 Å². The van der Waals surface area contributed by atoms with Gasteiger partial charge in [0.2, 0.25) is 0 Å². The summed E-state index contributed by atoms with van der Waals surface area (Å²) in [5, 5.41) is 7.07. The fourth-order valence-corrected chi connectivity index (χ4v) is 3.75. The summed E-state index contributed by atoms with van der Waals surface area (Å²) in [7, 11) is 1.59. The molecule has 1 aromatic heterocycles. The zero-order chi connectivity index (χ0) is 25.0. The monoisotopic (exact) mass is 468 g/mol. The Kier molecular flexibility index (Phi) is 7.91. The first-order valence-corrected chi connectivity index (χ1v) is 11.7. The number of aromatic nitrogens is 3. The summed E-state index contributed by atoms with van der Waals surface area (Å²) in [4.78, 5) is 25.8. The zero-order valence-electron chi connectivity index (χ0n) is 20.7. The number of nitrogens with one attached hydrogen (secondary N) is 1. The van der Waals surface area contributed by atoms with Gasteiger partial charge in [0.05, 0.1) is 11.7 Å². The molecule has 0 radical (unpaired) electrons. The van der Waals surface area contributed by atoms with Crippen LogP contribution in [-0.4, -0.2) is 26.4 Å². The first-order chi connectivity index (χ1) is 16.2. The molecule has 0 saturated carbocycles. The standard InChI is InChI=1S/C26H33FN4O3/c1-7-9-17(5)34-23-15-22(31-26(33)30(6)24(8-2)29-31)21(27)14-20(23)25(32)28-19-12-10-18(11-13-19)16(3)4/h10-17H,7-9H2,1-6H3,(H,28,32). The van der Waals surface area contributed by atoms with Crippen LogP contribution in [0.5, 0.6) is 5.75 Å². The van der Waals surface area contributed by atoms with Crippen LogP contribution in [0.2, 0.25) is 0 Å². The molecule has 1 unspecified atom stereocenters. The lowest BCUT2D eigenvalue weighted by atomic mass is 10.0. The number of hydrogen-bond donors (Lipinski definition) is 1. The number of ether oxygens (including phenoxy) is 1. The molecule has 3 aromatic rings. The van der Waals surface area contributed by atoms with E-state index in [4.69, 9.17) is 4.74 Å². The van der Waals surface area contributed by atoms with Gasteiger partial charge in [0.1, 0.15) is 23.1 Å². The van der Waals surface area contributed by atoms with Gasteiger partial charge in [-0.05, 0) is 43.0 Å². The van der Waals surface area contributed by atoms with Crippen LogP contribution in [0.25, 0.3) is 5.69 Å². The van der Waals surface area contributed by atoms with E-state index in [1.165, 1.54) is 10.6 Å². The minimum absolute atomic E-state index is 0.0526. The third-order valence-electron chi connectivity index (χ3n) is 5.77. The number of halogens is 1. The van der Waals surface area contributed by atoms with Crippen molar-refractivity contribution in [2.24, 2.45) is 7.05 Å². The second-order valence-electron chi connectivity index (χ2n) is 8.77. The second-order valence-corrected chi connectivity index (χ2v) is 8.77. The van der Waals surface area contributed by atoms with E-state index in [2.05, 4.69) is 24.3 Å². The number of anilines is 1. The number of amides is 1. The molecule has 34 heavy (non-hydrogen) atoms. The lowest BCUT2D eigenvalue weighted by Gasteiger charge is -2.18. The van der Waals surface area contributed by atoms with Crippen LogP contribution >= 0.6 is 0 Å². The molecular weight excluding hydrogens is 435 g/mol. The van der Waals surface area contributed by atoms with Crippen molar-refractivity contribution in [1.29, 1.82) is 0 Å². The number of aryl methyl sites for hydroxylation is 1. The lowest BCUT2D eigenvalue weighted by Crippen LogP contribution is -2.24. The molecule has 0 fully saturated rings. The Balaban J connectivity index is 2.02. The van der Waals surface area contributed by atoms with Crippen LogP contribution in [0.3, 0.4) is 0 Å². The molecular formula is C26H33FN4O3. The van der Waals surface area contributed by atoms with Crippen molar-refractivity contribution in [3.8, 4) is 11.4 Å². The SMILES string of the molecule is CCCC(C)Oc1cc(-n2nc(CC)n(C)c2=O)c(F)cc1C(=O)Nc1ccc(C(C)C)cc1. The topological polar surface area (TPSA) is 78.2 Å². The lowest BCUT2D eigenvalue weighted by molar-refractivity contribution is 0.101. The van der Waals surface area contributed by atoms with E-state index in [1.807, 2.05) is 45.0 Å². The van der Waals surface area contributed by atoms with Crippen molar-refractivity contribution >= 4 is 11.6 Å². The van der Waals surface area contributed by atoms with E-state index in [-0.39, 0.29) is 23.1 Å². The molecule has 182 valence electrons.